The van der Waals surface area contributed by atoms with Gasteiger partial charge in [0.1, 0.15) is 24.0 Å². The molecule has 1 N–H and O–H groups in total. The lowest BCUT2D eigenvalue weighted by atomic mass is 9.89. The number of para-hydroxylation sites is 4. The number of benzene rings is 5. The SMILES string of the molecule is Cc1cccc(Cn2c(-c3ccc(OCC(C4CCN(C(=O)O)CC4)n4c(-c5ccccc5)nc5ccccc54)cc3)nc3ccccc32)c1. The number of aryl methyl sites for hydroxylation is 1. The predicted octanol–water partition coefficient (Wildman–Crippen LogP) is 9.09. The maximum absolute atomic E-state index is 11.8. The summed E-state index contributed by atoms with van der Waals surface area (Å²) in [7, 11) is 0. The van der Waals surface area contributed by atoms with Crippen LogP contribution in [0, 0.1) is 12.8 Å². The molecule has 0 aliphatic carbocycles. The van der Waals surface area contributed by atoms with Crippen LogP contribution in [0.15, 0.2) is 127 Å². The van der Waals surface area contributed by atoms with Crippen molar-refractivity contribution in [3.63, 3.8) is 0 Å². The molecule has 1 amide bonds. The highest BCUT2D eigenvalue weighted by Crippen LogP contribution is 2.37. The number of carbonyl (C=O) groups is 1. The number of nitrogens with zero attached hydrogens (tertiary/aromatic N) is 5. The van der Waals surface area contributed by atoms with Crippen molar-refractivity contribution in [3.8, 4) is 28.5 Å². The summed E-state index contributed by atoms with van der Waals surface area (Å²) in [5.74, 6) is 2.78. The van der Waals surface area contributed by atoms with Gasteiger partial charge >= 0.3 is 6.09 Å². The lowest BCUT2D eigenvalue weighted by molar-refractivity contribution is 0.102. The number of aromatic nitrogens is 4. The Balaban J connectivity index is 1.11. The summed E-state index contributed by atoms with van der Waals surface area (Å²) in [5, 5.41) is 9.66. The van der Waals surface area contributed by atoms with Gasteiger partial charge in [-0.15, -0.1) is 0 Å². The van der Waals surface area contributed by atoms with Gasteiger partial charge in [-0.3, -0.25) is 0 Å². The van der Waals surface area contributed by atoms with Gasteiger partial charge in [-0.25, -0.2) is 14.8 Å². The molecule has 8 nitrogen and oxygen atoms in total. The fourth-order valence-electron chi connectivity index (χ4n) is 7.40. The summed E-state index contributed by atoms with van der Waals surface area (Å²) in [6, 6.07) is 43.6. The molecule has 1 fully saturated rings. The van der Waals surface area contributed by atoms with Crippen LogP contribution in [0.1, 0.15) is 30.0 Å². The van der Waals surface area contributed by atoms with Gasteiger partial charge in [0.2, 0.25) is 0 Å². The molecular weight excluding hydrogens is 622 g/mol. The molecule has 5 aromatic carbocycles. The molecule has 3 heterocycles. The molecule has 1 saturated heterocycles. The number of carboxylic acid groups (broad SMARTS) is 1. The van der Waals surface area contributed by atoms with Gasteiger partial charge in [-0.2, -0.15) is 0 Å². The average molecular weight is 662 g/mol. The summed E-state index contributed by atoms with van der Waals surface area (Å²) in [6.07, 6.45) is 0.635. The Labute approximate surface area is 291 Å². The number of rotatable bonds is 9. The molecule has 2 aromatic heterocycles. The van der Waals surface area contributed by atoms with Crippen molar-refractivity contribution in [2.75, 3.05) is 19.7 Å². The second-order valence-corrected chi connectivity index (χ2v) is 13.2. The summed E-state index contributed by atoms with van der Waals surface area (Å²) >= 11 is 0. The number of hydrogen-bond donors (Lipinski definition) is 1. The molecule has 1 aliphatic heterocycles. The highest BCUT2D eigenvalue weighted by atomic mass is 16.5. The molecule has 1 aliphatic rings. The largest absolute Gasteiger partial charge is 0.491 e. The number of likely N-dealkylation sites (tertiary alicyclic amines) is 1. The summed E-state index contributed by atoms with van der Waals surface area (Å²) in [4.78, 5) is 23.4. The van der Waals surface area contributed by atoms with E-state index in [0.29, 0.717) is 19.7 Å². The van der Waals surface area contributed by atoms with Crippen LogP contribution in [0.25, 0.3) is 44.8 Å². The van der Waals surface area contributed by atoms with Gasteiger partial charge in [0, 0.05) is 30.8 Å². The Hall–Kier alpha value is -5.89. The molecule has 0 spiro atoms. The van der Waals surface area contributed by atoms with Crippen LogP contribution in [0.3, 0.4) is 0 Å². The lowest BCUT2D eigenvalue weighted by Crippen LogP contribution is -2.40. The minimum absolute atomic E-state index is 0.0632. The van der Waals surface area contributed by atoms with E-state index in [2.05, 4.69) is 88.9 Å². The summed E-state index contributed by atoms with van der Waals surface area (Å²) in [5.41, 5.74) is 8.56. The van der Waals surface area contributed by atoms with E-state index in [9.17, 15) is 9.90 Å². The monoisotopic (exact) mass is 661 g/mol. The molecule has 0 saturated carbocycles. The first-order valence-corrected chi connectivity index (χ1v) is 17.3. The Bertz CT molecular complexity index is 2270. The third kappa shape index (κ3) is 6.20. The van der Waals surface area contributed by atoms with E-state index in [1.54, 1.807) is 0 Å². The van der Waals surface area contributed by atoms with E-state index in [4.69, 9.17) is 14.7 Å². The molecule has 8 heteroatoms. The highest BCUT2D eigenvalue weighted by Gasteiger charge is 2.32. The van der Waals surface area contributed by atoms with E-state index < -0.39 is 6.09 Å². The predicted molar refractivity (Wildman–Crippen MR) is 197 cm³/mol. The molecule has 8 rings (SSSR count). The van der Waals surface area contributed by atoms with E-state index in [0.717, 1.165) is 70.0 Å². The average Bonchev–Trinajstić information content (AvgIpc) is 3.71. The molecular formula is C42H39N5O3. The first-order valence-electron chi connectivity index (χ1n) is 17.3. The maximum Gasteiger partial charge on any atom is 0.407 e. The van der Waals surface area contributed by atoms with Gasteiger partial charge in [-0.05, 0) is 79.8 Å². The number of hydrogen-bond acceptors (Lipinski definition) is 4. The van der Waals surface area contributed by atoms with E-state index in [-0.39, 0.29) is 12.0 Å². The zero-order valence-electron chi connectivity index (χ0n) is 28.0. The van der Waals surface area contributed by atoms with Crippen molar-refractivity contribution >= 4 is 28.2 Å². The third-order valence-corrected chi connectivity index (χ3v) is 9.92. The van der Waals surface area contributed by atoms with E-state index >= 15 is 0 Å². The van der Waals surface area contributed by atoms with Gasteiger partial charge in [0.15, 0.2) is 0 Å². The van der Waals surface area contributed by atoms with Crippen molar-refractivity contribution in [3.05, 3.63) is 139 Å². The maximum atomic E-state index is 11.8. The van der Waals surface area contributed by atoms with Gasteiger partial charge in [0.05, 0.1) is 28.1 Å². The molecule has 0 radical (unpaired) electrons. The van der Waals surface area contributed by atoms with Crippen LogP contribution >= 0.6 is 0 Å². The van der Waals surface area contributed by atoms with Crippen LogP contribution < -0.4 is 4.74 Å². The van der Waals surface area contributed by atoms with Crippen molar-refractivity contribution < 1.29 is 14.6 Å². The van der Waals surface area contributed by atoms with Crippen LogP contribution in [-0.2, 0) is 6.54 Å². The molecule has 1 atom stereocenters. The van der Waals surface area contributed by atoms with Gasteiger partial charge < -0.3 is 23.9 Å². The first kappa shape index (κ1) is 31.4. The topological polar surface area (TPSA) is 85.4 Å². The van der Waals surface area contributed by atoms with Crippen molar-refractivity contribution in [2.24, 2.45) is 5.92 Å². The molecule has 1 unspecified atom stereocenters. The van der Waals surface area contributed by atoms with Crippen LogP contribution in [0.5, 0.6) is 5.75 Å². The Morgan fingerprint density at radius 1 is 0.760 bits per heavy atom. The minimum Gasteiger partial charge on any atom is -0.491 e. The number of fused-ring (bicyclic) bond motifs is 2. The Kier molecular flexibility index (Phi) is 8.50. The van der Waals surface area contributed by atoms with Gasteiger partial charge in [-0.1, -0.05) is 84.4 Å². The van der Waals surface area contributed by atoms with Crippen LogP contribution in [-0.4, -0.2) is 54.9 Å². The zero-order valence-corrected chi connectivity index (χ0v) is 28.0. The highest BCUT2D eigenvalue weighted by molar-refractivity contribution is 5.82. The summed E-state index contributed by atoms with van der Waals surface area (Å²) in [6.45, 7) is 4.27. The second kappa shape index (κ2) is 13.6. The second-order valence-electron chi connectivity index (χ2n) is 13.2. The summed E-state index contributed by atoms with van der Waals surface area (Å²) < 4.78 is 11.3. The number of ether oxygens (including phenoxy) is 1. The van der Waals surface area contributed by atoms with Crippen LogP contribution in [0.4, 0.5) is 4.79 Å². The number of amides is 1. The zero-order chi connectivity index (χ0) is 34.0. The molecule has 250 valence electrons. The van der Waals surface area contributed by atoms with Crippen molar-refractivity contribution in [2.45, 2.75) is 32.4 Å². The van der Waals surface area contributed by atoms with E-state index in [1.165, 1.54) is 16.0 Å². The minimum atomic E-state index is -0.859. The number of piperidine rings is 1. The molecule has 7 aromatic rings. The number of imidazole rings is 2. The quantitative estimate of drug-likeness (QED) is 0.167. The Morgan fingerprint density at radius 2 is 1.40 bits per heavy atom. The van der Waals surface area contributed by atoms with E-state index in [1.807, 2.05) is 54.6 Å². The smallest absolute Gasteiger partial charge is 0.407 e. The third-order valence-electron chi connectivity index (χ3n) is 9.92. The lowest BCUT2D eigenvalue weighted by Gasteiger charge is -2.36. The standard InChI is InChI=1S/C42H39N5O3/c1-29-10-9-11-30(26-29)27-46-37-16-7-5-14-35(37)43-40(46)33-18-20-34(21-19-33)50-28-39(31-22-24-45(25-23-31)42(48)49)47-38-17-8-6-15-36(38)44-41(47)32-12-3-2-4-13-32/h2-21,26,31,39H,22-25,27-28H2,1H3,(H,48,49). The fraction of sp³-hybridized carbons (Fsp3) is 0.214. The normalized spacial score (nSPS) is 14.3. The Morgan fingerprint density at radius 3 is 2.12 bits per heavy atom. The fourth-order valence-corrected chi connectivity index (χ4v) is 7.40. The van der Waals surface area contributed by atoms with Crippen molar-refractivity contribution in [1.82, 2.24) is 24.0 Å². The van der Waals surface area contributed by atoms with Crippen molar-refractivity contribution in [1.29, 1.82) is 0 Å². The molecule has 50 heavy (non-hydrogen) atoms. The van der Waals surface area contributed by atoms with Gasteiger partial charge in [0.25, 0.3) is 0 Å². The molecule has 0 bridgehead atoms. The first-order chi connectivity index (χ1) is 24.5. The van der Waals surface area contributed by atoms with Crippen LogP contribution in [0.2, 0.25) is 0 Å².